The van der Waals surface area contributed by atoms with Crippen LogP contribution in [0.5, 0.6) is 5.75 Å². The molecule has 0 aromatic heterocycles. The van der Waals surface area contributed by atoms with E-state index in [9.17, 15) is 10.5 Å². The van der Waals surface area contributed by atoms with Crippen molar-refractivity contribution in [2.45, 2.75) is 11.8 Å². The molecular weight excluding hydrogens is 376 g/mol. The fourth-order valence-electron chi connectivity index (χ4n) is 3.92. The molecule has 2 aliphatic rings. The Labute approximate surface area is 147 Å². The molecule has 3 atom stereocenters. The number of hydrogen-bond donors (Lipinski definition) is 1. The molecule has 1 aliphatic carbocycles. The molecule has 0 bridgehead atoms. The Kier molecular flexibility index (Phi) is 3.61. The van der Waals surface area contributed by atoms with Crippen LogP contribution in [0.15, 0.2) is 27.7 Å². The molecule has 0 radical (unpaired) electrons. The van der Waals surface area contributed by atoms with Crippen LogP contribution in [0.3, 0.4) is 0 Å². The Morgan fingerprint density at radius 3 is 2.38 bits per heavy atom. The molecule has 1 fully saturated rings. The second-order valence-corrected chi connectivity index (χ2v) is 6.56. The topological polar surface area (TPSA) is 114 Å². The minimum absolute atomic E-state index is 0.0299. The number of ether oxygens (including phenoxy) is 3. The monoisotopic (exact) mass is 390 g/mol. The van der Waals surface area contributed by atoms with E-state index in [0.717, 1.165) is 4.47 Å². The van der Waals surface area contributed by atoms with E-state index in [1.165, 1.54) is 21.3 Å². The quantitative estimate of drug-likeness (QED) is 0.785. The van der Waals surface area contributed by atoms with E-state index in [1.807, 2.05) is 12.1 Å². The molecule has 3 rings (SSSR count). The van der Waals surface area contributed by atoms with Gasteiger partial charge in [-0.2, -0.15) is 10.5 Å². The lowest BCUT2D eigenvalue weighted by Gasteiger charge is -2.29. The standard InChI is InChI=1S/C16H15BrN4O3/c1-22-11-5-4-9(17)6-10(11)12-14(7-18)13(20)21-16(23-2,24-3)15(12,14)8-19/h4-6,12H,1-3H3,(H2,20,21)/t12-,14+,15+/m0/s1. The molecular formula is C16H15BrN4O3. The van der Waals surface area contributed by atoms with Crippen molar-refractivity contribution in [3.05, 3.63) is 28.2 Å². The molecule has 1 aliphatic heterocycles. The Balaban J connectivity index is 2.30. The van der Waals surface area contributed by atoms with Crippen molar-refractivity contribution in [2.75, 3.05) is 21.3 Å². The zero-order valence-corrected chi connectivity index (χ0v) is 14.9. The van der Waals surface area contributed by atoms with Crippen molar-refractivity contribution in [3.63, 3.8) is 0 Å². The molecule has 0 unspecified atom stereocenters. The number of methoxy groups -OCH3 is 3. The highest BCUT2D eigenvalue weighted by Crippen LogP contribution is 2.82. The number of benzene rings is 1. The minimum Gasteiger partial charge on any atom is -0.496 e. The van der Waals surface area contributed by atoms with Crippen LogP contribution < -0.4 is 10.5 Å². The predicted molar refractivity (Wildman–Crippen MR) is 87.9 cm³/mol. The Bertz CT molecular complexity index is 824. The fourth-order valence-corrected chi connectivity index (χ4v) is 4.30. The predicted octanol–water partition coefficient (Wildman–Crippen LogP) is 1.89. The van der Waals surface area contributed by atoms with Crippen LogP contribution in [-0.4, -0.2) is 33.1 Å². The second kappa shape index (κ2) is 5.18. The van der Waals surface area contributed by atoms with Gasteiger partial charge >= 0.3 is 0 Å². The first kappa shape index (κ1) is 16.7. The summed E-state index contributed by atoms with van der Waals surface area (Å²) in [6.07, 6.45) is 0. The molecule has 1 saturated carbocycles. The zero-order valence-electron chi connectivity index (χ0n) is 13.3. The number of nitrogens with two attached hydrogens (primary N) is 1. The van der Waals surface area contributed by atoms with E-state index < -0.39 is 22.7 Å². The SMILES string of the molecule is COc1ccc(Br)cc1[C@H]1[C@]2(C#N)C(N)=NC(OC)(OC)[C@]12C#N. The van der Waals surface area contributed by atoms with Crippen molar-refractivity contribution >= 4 is 21.8 Å². The first-order valence-corrected chi connectivity index (χ1v) is 7.86. The van der Waals surface area contributed by atoms with Gasteiger partial charge in [0.2, 0.25) is 0 Å². The summed E-state index contributed by atoms with van der Waals surface area (Å²) in [6.45, 7) is 0. The lowest BCUT2D eigenvalue weighted by molar-refractivity contribution is -0.230. The van der Waals surface area contributed by atoms with E-state index in [2.05, 4.69) is 33.1 Å². The number of aliphatic imine (C=N–C) groups is 1. The molecule has 0 spiro atoms. The van der Waals surface area contributed by atoms with Gasteiger partial charge in [-0.05, 0) is 18.2 Å². The van der Waals surface area contributed by atoms with E-state index in [4.69, 9.17) is 19.9 Å². The molecule has 0 amide bonds. The third-order valence-electron chi connectivity index (χ3n) is 4.98. The number of nitriles is 2. The highest BCUT2D eigenvalue weighted by Gasteiger charge is 2.93. The van der Waals surface area contributed by atoms with Gasteiger partial charge in [0.05, 0.1) is 19.2 Å². The number of halogens is 1. The van der Waals surface area contributed by atoms with Gasteiger partial charge in [0.1, 0.15) is 17.0 Å². The Morgan fingerprint density at radius 2 is 1.88 bits per heavy atom. The van der Waals surface area contributed by atoms with Gasteiger partial charge < -0.3 is 19.9 Å². The lowest BCUT2D eigenvalue weighted by atomic mass is 9.93. The number of rotatable bonds is 4. The number of hydrogen-bond acceptors (Lipinski definition) is 7. The van der Waals surface area contributed by atoms with Gasteiger partial charge in [-0.3, -0.25) is 0 Å². The first-order valence-electron chi connectivity index (χ1n) is 7.06. The summed E-state index contributed by atoms with van der Waals surface area (Å²) in [5.74, 6) is -1.65. The van der Waals surface area contributed by atoms with Crippen LogP contribution in [0.1, 0.15) is 11.5 Å². The minimum atomic E-state index is -1.64. The van der Waals surface area contributed by atoms with Gasteiger partial charge in [0.15, 0.2) is 5.41 Å². The van der Waals surface area contributed by atoms with Crippen LogP contribution in [0.4, 0.5) is 0 Å². The van der Waals surface area contributed by atoms with Crippen molar-refractivity contribution in [1.29, 1.82) is 10.5 Å². The summed E-state index contributed by atoms with van der Waals surface area (Å²) < 4.78 is 17.1. The van der Waals surface area contributed by atoms with Gasteiger partial charge in [0, 0.05) is 30.2 Å². The normalized spacial score (nSPS) is 32.2. The molecule has 1 aromatic rings. The fraction of sp³-hybridized carbons (Fsp3) is 0.438. The molecule has 1 aromatic carbocycles. The summed E-state index contributed by atoms with van der Waals surface area (Å²) in [5.41, 5.74) is 4.02. The molecule has 24 heavy (non-hydrogen) atoms. The largest absolute Gasteiger partial charge is 0.496 e. The van der Waals surface area contributed by atoms with Crippen LogP contribution in [0, 0.1) is 33.5 Å². The van der Waals surface area contributed by atoms with Crippen LogP contribution in [0.25, 0.3) is 0 Å². The third-order valence-corrected chi connectivity index (χ3v) is 5.48. The van der Waals surface area contributed by atoms with E-state index in [-0.39, 0.29) is 5.84 Å². The van der Waals surface area contributed by atoms with Crippen molar-refractivity contribution in [2.24, 2.45) is 21.6 Å². The first-order chi connectivity index (χ1) is 11.4. The van der Waals surface area contributed by atoms with Gasteiger partial charge in [-0.1, -0.05) is 15.9 Å². The average Bonchev–Trinajstić information content (AvgIpc) is 3.17. The maximum atomic E-state index is 10.0. The Hall–Kier alpha value is -2.13. The van der Waals surface area contributed by atoms with Gasteiger partial charge in [-0.25, -0.2) is 4.99 Å². The smallest absolute Gasteiger partial charge is 0.292 e. The zero-order chi connectivity index (χ0) is 17.8. The van der Waals surface area contributed by atoms with Crippen LogP contribution in [-0.2, 0) is 9.47 Å². The van der Waals surface area contributed by atoms with Crippen molar-refractivity contribution in [1.82, 2.24) is 0 Å². The van der Waals surface area contributed by atoms with Crippen molar-refractivity contribution < 1.29 is 14.2 Å². The van der Waals surface area contributed by atoms with Gasteiger partial charge in [0.25, 0.3) is 5.91 Å². The molecule has 1 heterocycles. The van der Waals surface area contributed by atoms with Crippen LogP contribution >= 0.6 is 15.9 Å². The van der Waals surface area contributed by atoms with Crippen molar-refractivity contribution in [3.8, 4) is 17.9 Å². The molecule has 2 N–H and O–H groups in total. The van der Waals surface area contributed by atoms with E-state index in [1.54, 1.807) is 6.07 Å². The summed E-state index contributed by atoms with van der Waals surface area (Å²) in [7, 11) is 4.28. The number of amidine groups is 1. The molecule has 0 saturated heterocycles. The molecule has 124 valence electrons. The third kappa shape index (κ3) is 1.54. The summed E-state index contributed by atoms with van der Waals surface area (Å²) in [4.78, 5) is 4.18. The number of fused-ring (bicyclic) bond motifs is 1. The average molecular weight is 391 g/mol. The highest BCUT2D eigenvalue weighted by molar-refractivity contribution is 9.10. The maximum absolute atomic E-state index is 10.0. The van der Waals surface area contributed by atoms with E-state index >= 15 is 0 Å². The van der Waals surface area contributed by atoms with Gasteiger partial charge in [-0.15, -0.1) is 0 Å². The lowest BCUT2D eigenvalue weighted by Crippen LogP contribution is -2.41. The summed E-state index contributed by atoms with van der Waals surface area (Å²) in [6, 6.07) is 9.79. The number of nitrogens with zero attached hydrogens (tertiary/aromatic N) is 3. The Morgan fingerprint density at radius 1 is 1.21 bits per heavy atom. The highest BCUT2D eigenvalue weighted by atomic mass is 79.9. The second-order valence-electron chi connectivity index (χ2n) is 5.65. The molecule has 7 nitrogen and oxygen atoms in total. The van der Waals surface area contributed by atoms with E-state index in [0.29, 0.717) is 11.3 Å². The van der Waals surface area contributed by atoms with Crippen LogP contribution in [0.2, 0.25) is 0 Å². The summed E-state index contributed by atoms with van der Waals surface area (Å²) in [5, 5.41) is 19.9. The summed E-state index contributed by atoms with van der Waals surface area (Å²) >= 11 is 3.41. The molecule has 8 heteroatoms. The maximum Gasteiger partial charge on any atom is 0.292 e.